The summed E-state index contributed by atoms with van der Waals surface area (Å²) in [4.78, 5) is 0. The van der Waals surface area contributed by atoms with Crippen LogP contribution in [0.1, 0.15) is 11.1 Å². The fourth-order valence-electron chi connectivity index (χ4n) is 1.39. The molecule has 1 atom stereocenters. The summed E-state index contributed by atoms with van der Waals surface area (Å²) in [6, 6.07) is 6.32. The van der Waals surface area contributed by atoms with Crippen molar-refractivity contribution < 1.29 is 4.74 Å². The summed E-state index contributed by atoms with van der Waals surface area (Å²) in [7, 11) is 0. The molecular weight excluding hydrogens is 251 g/mol. The van der Waals surface area contributed by atoms with E-state index < -0.39 is 0 Å². The van der Waals surface area contributed by atoms with Gasteiger partial charge in [0.2, 0.25) is 0 Å². The number of hydrogen-bond acceptors (Lipinski definition) is 1. The van der Waals surface area contributed by atoms with Gasteiger partial charge >= 0.3 is 0 Å². The molecule has 0 fully saturated rings. The summed E-state index contributed by atoms with van der Waals surface area (Å²) < 4.78 is 5.96. The number of benzene rings is 1. The van der Waals surface area contributed by atoms with E-state index in [1.807, 2.05) is 0 Å². The number of ether oxygens (including phenoxy) is 1. The molecule has 0 spiro atoms. The lowest BCUT2D eigenvalue weighted by atomic mass is 10.1. The molecule has 2 heteroatoms. The molecule has 1 aliphatic heterocycles. The van der Waals surface area contributed by atoms with Gasteiger partial charge in [0.1, 0.15) is 5.75 Å². The zero-order valence-corrected chi connectivity index (χ0v) is 8.46. The van der Waals surface area contributed by atoms with Crippen LogP contribution in [-0.4, -0.2) is 4.11 Å². The Morgan fingerprint density at radius 1 is 1.55 bits per heavy atom. The maximum absolute atomic E-state index is 5.62. The van der Waals surface area contributed by atoms with Gasteiger partial charge in [0, 0.05) is 6.42 Å². The van der Waals surface area contributed by atoms with E-state index in [-0.39, 0.29) is 0 Å². The summed E-state index contributed by atoms with van der Waals surface area (Å²) in [6.45, 7) is 2.09. The maximum atomic E-state index is 5.62. The molecule has 1 nitrogen and oxygen atoms in total. The molecule has 0 bridgehead atoms. The molecule has 1 heterocycles. The SMILES string of the molecule is Cc1cccc2c1OC(I)C2. The topological polar surface area (TPSA) is 9.23 Å². The van der Waals surface area contributed by atoms with Crippen LogP contribution in [0.4, 0.5) is 0 Å². The molecular formula is C9H9IO. The van der Waals surface area contributed by atoms with Crippen molar-refractivity contribution >= 4 is 22.6 Å². The van der Waals surface area contributed by atoms with E-state index in [2.05, 4.69) is 47.7 Å². The second-order valence-corrected chi connectivity index (χ2v) is 4.18. The van der Waals surface area contributed by atoms with Crippen LogP contribution < -0.4 is 4.74 Å². The molecule has 0 saturated heterocycles. The van der Waals surface area contributed by atoms with Gasteiger partial charge in [-0.05, 0) is 40.6 Å². The number of fused-ring (bicyclic) bond motifs is 1. The Morgan fingerprint density at radius 3 is 3.09 bits per heavy atom. The molecule has 1 aromatic rings. The molecule has 0 aromatic heterocycles. The summed E-state index contributed by atoms with van der Waals surface area (Å²) in [6.07, 6.45) is 1.05. The molecule has 0 N–H and O–H groups in total. The van der Waals surface area contributed by atoms with Gasteiger partial charge in [0.15, 0.2) is 4.11 Å². The summed E-state index contributed by atoms with van der Waals surface area (Å²) in [5, 5.41) is 0. The van der Waals surface area contributed by atoms with Crippen molar-refractivity contribution in [2.24, 2.45) is 0 Å². The van der Waals surface area contributed by atoms with Gasteiger partial charge in [-0.2, -0.15) is 0 Å². The number of rotatable bonds is 0. The van der Waals surface area contributed by atoms with E-state index in [1.165, 1.54) is 11.1 Å². The maximum Gasteiger partial charge on any atom is 0.153 e. The van der Waals surface area contributed by atoms with Crippen LogP contribution in [0.3, 0.4) is 0 Å². The normalized spacial score (nSPS) is 21.1. The van der Waals surface area contributed by atoms with E-state index in [4.69, 9.17) is 4.74 Å². The third-order valence-electron chi connectivity index (χ3n) is 1.92. The number of hydrogen-bond donors (Lipinski definition) is 0. The highest BCUT2D eigenvalue weighted by atomic mass is 127. The van der Waals surface area contributed by atoms with Crippen LogP contribution in [0.25, 0.3) is 0 Å². The monoisotopic (exact) mass is 260 g/mol. The summed E-state index contributed by atoms with van der Waals surface area (Å²) in [5.74, 6) is 1.10. The number of para-hydroxylation sites is 1. The third-order valence-corrected chi connectivity index (χ3v) is 2.61. The van der Waals surface area contributed by atoms with Gasteiger partial charge in [-0.25, -0.2) is 0 Å². The van der Waals surface area contributed by atoms with Crippen LogP contribution in [0, 0.1) is 6.92 Å². The van der Waals surface area contributed by atoms with Gasteiger partial charge < -0.3 is 4.74 Å². The van der Waals surface area contributed by atoms with Crippen molar-refractivity contribution in [3.63, 3.8) is 0 Å². The van der Waals surface area contributed by atoms with E-state index >= 15 is 0 Å². The quantitative estimate of drug-likeness (QED) is 0.514. The van der Waals surface area contributed by atoms with Crippen LogP contribution >= 0.6 is 22.6 Å². The second-order valence-electron chi connectivity index (χ2n) is 2.80. The molecule has 1 unspecified atom stereocenters. The Kier molecular flexibility index (Phi) is 1.79. The lowest BCUT2D eigenvalue weighted by molar-refractivity contribution is 0.336. The first kappa shape index (κ1) is 7.40. The molecule has 58 valence electrons. The molecule has 2 rings (SSSR count). The van der Waals surface area contributed by atoms with Crippen LogP contribution in [0.15, 0.2) is 18.2 Å². The zero-order chi connectivity index (χ0) is 7.84. The average Bonchev–Trinajstić information content (AvgIpc) is 2.31. The first-order valence-corrected chi connectivity index (χ1v) is 4.91. The summed E-state index contributed by atoms with van der Waals surface area (Å²) >= 11 is 2.32. The molecule has 0 aliphatic carbocycles. The van der Waals surface area contributed by atoms with Gasteiger partial charge in [0.05, 0.1) is 0 Å². The second kappa shape index (κ2) is 2.66. The zero-order valence-electron chi connectivity index (χ0n) is 6.30. The third kappa shape index (κ3) is 1.24. The molecule has 0 amide bonds. The van der Waals surface area contributed by atoms with Crippen LogP contribution in [0.5, 0.6) is 5.75 Å². The van der Waals surface area contributed by atoms with Gasteiger partial charge in [-0.15, -0.1) is 0 Å². The predicted molar refractivity (Wildman–Crippen MR) is 53.3 cm³/mol. The van der Waals surface area contributed by atoms with Crippen molar-refractivity contribution in [2.75, 3.05) is 0 Å². The van der Waals surface area contributed by atoms with Crippen molar-refractivity contribution in [2.45, 2.75) is 17.5 Å². The predicted octanol–water partition coefficient (Wildman–Crippen LogP) is 2.69. The largest absolute Gasteiger partial charge is 0.479 e. The fourth-order valence-corrected chi connectivity index (χ4v) is 2.11. The highest BCUT2D eigenvalue weighted by Crippen LogP contribution is 2.33. The summed E-state index contributed by atoms with van der Waals surface area (Å²) in [5.41, 5.74) is 2.60. The Morgan fingerprint density at radius 2 is 2.36 bits per heavy atom. The Hall–Kier alpha value is -0.250. The van der Waals surface area contributed by atoms with Gasteiger partial charge in [-0.3, -0.25) is 0 Å². The number of aryl methyl sites for hydroxylation is 1. The smallest absolute Gasteiger partial charge is 0.153 e. The van der Waals surface area contributed by atoms with E-state index in [9.17, 15) is 0 Å². The highest BCUT2D eigenvalue weighted by molar-refractivity contribution is 14.1. The standard InChI is InChI=1S/C9H9IO/c1-6-3-2-4-7-5-8(10)11-9(6)7/h2-4,8H,5H2,1H3. The molecule has 0 radical (unpaired) electrons. The molecule has 1 aliphatic rings. The highest BCUT2D eigenvalue weighted by Gasteiger charge is 2.20. The van der Waals surface area contributed by atoms with E-state index in [0.29, 0.717) is 4.11 Å². The number of halogens is 1. The first-order chi connectivity index (χ1) is 5.27. The molecule has 1 aromatic carbocycles. The Balaban J connectivity index is 2.49. The Labute approximate surface area is 79.9 Å². The van der Waals surface area contributed by atoms with Crippen LogP contribution in [-0.2, 0) is 6.42 Å². The number of alkyl halides is 1. The first-order valence-electron chi connectivity index (χ1n) is 3.66. The molecule has 0 saturated carbocycles. The lowest BCUT2D eigenvalue weighted by Crippen LogP contribution is -2.00. The van der Waals surface area contributed by atoms with Crippen molar-refractivity contribution in [1.29, 1.82) is 0 Å². The van der Waals surface area contributed by atoms with Crippen molar-refractivity contribution in [1.82, 2.24) is 0 Å². The Bertz CT molecular complexity index is 283. The lowest BCUT2D eigenvalue weighted by Gasteiger charge is -2.03. The minimum atomic E-state index is 0.337. The van der Waals surface area contributed by atoms with Gasteiger partial charge in [-0.1, -0.05) is 18.2 Å². The van der Waals surface area contributed by atoms with E-state index in [0.717, 1.165) is 12.2 Å². The minimum Gasteiger partial charge on any atom is -0.479 e. The van der Waals surface area contributed by atoms with Gasteiger partial charge in [0.25, 0.3) is 0 Å². The van der Waals surface area contributed by atoms with Crippen molar-refractivity contribution in [3.8, 4) is 5.75 Å². The van der Waals surface area contributed by atoms with Crippen LogP contribution in [0.2, 0.25) is 0 Å². The average molecular weight is 260 g/mol. The molecule has 11 heavy (non-hydrogen) atoms. The van der Waals surface area contributed by atoms with Crippen molar-refractivity contribution in [3.05, 3.63) is 29.3 Å². The minimum absolute atomic E-state index is 0.337. The fraction of sp³-hybridized carbons (Fsp3) is 0.333. The van der Waals surface area contributed by atoms with E-state index in [1.54, 1.807) is 0 Å².